The van der Waals surface area contributed by atoms with E-state index >= 15 is 0 Å². The Labute approximate surface area is 196 Å². The van der Waals surface area contributed by atoms with Crippen molar-refractivity contribution in [3.05, 3.63) is 48.2 Å². The summed E-state index contributed by atoms with van der Waals surface area (Å²) >= 11 is 0. The molecule has 0 radical (unpaired) electrons. The second-order valence-electron chi connectivity index (χ2n) is 9.98. The maximum Gasteiger partial charge on any atom is 0.142 e. The quantitative estimate of drug-likeness (QED) is 0.597. The summed E-state index contributed by atoms with van der Waals surface area (Å²) in [6, 6.07) is 9.19. The average Bonchev–Trinajstić information content (AvgIpc) is 3.17. The van der Waals surface area contributed by atoms with E-state index in [-0.39, 0.29) is 5.92 Å². The molecule has 2 aromatic heterocycles. The van der Waals surface area contributed by atoms with Gasteiger partial charge in [0.15, 0.2) is 0 Å². The lowest BCUT2D eigenvalue weighted by Gasteiger charge is -2.40. The van der Waals surface area contributed by atoms with Crippen molar-refractivity contribution < 1.29 is 4.79 Å². The maximum absolute atomic E-state index is 13.1. The van der Waals surface area contributed by atoms with Crippen LogP contribution in [0.2, 0.25) is 0 Å². The van der Waals surface area contributed by atoms with E-state index in [0.717, 1.165) is 59.5 Å². The molecule has 0 aliphatic carbocycles. The monoisotopic (exact) mass is 445 g/mol. The fourth-order valence-electron chi connectivity index (χ4n) is 5.48. The minimum absolute atomic E-state index is 0.175. The maximum atomic E-state index is 13.1. The lowest BCUT2D eigenvalue weighted by Crippen LogP contribution is -2.47. The third kappa shape index (κ3) is 4.73. The molecule has 33 heavy (non-hydrogen) atoms. The van der Waals surface area contributed by atoms with Gasteiger partial charge in [0.2, 0.25) is 0 Å². The average molecular weight is 446 g/mol. The number of likely N-dealkylation sites (tertiary alicyclic amines) is 2. The first kappa shape index (κ1) is 22.2. The number of imidazole rings is 1. The highest BCUT2D eigenvalue weighted by Gasteiger charge is 2.30. The summed E-state index contributed by atoms with van der Waals surface area (Å²) in [6.45, 7) is 6.52. The molecule has 2 saturated heterocycles. The van der Waals surface area contributed by atoms with Gasteiger partial charge in [-0.3, -0.25) is 9.78 Å². The van der Waals surface area contributed by atoms with E-state index in [4.69, 9.17) is 0 Å². The number of rotatable bonds is 5. The summed E-state index contributed by atoms with van der Waals surface area (Å²) < 4.78 is 2.10. The van der Waals surface area contributed by atoms with Crippen LogP contribution in [0.15, 0.2) is 36.7 Å². The van der Waals surface area contributed by atoms with Crippen LogP contribution >= 0.6 is 0 Å². The normalized spacial score (nSPS) is 19.4. The van der Waals surface area contributed by atoms with Crippen molar-refractivity contribution in [1.29, 1.82) is 0 Å². The van der Waals surface area contributed by atoms with Gasteiger partial charge in [0.1, 0.15) is 11.6 Å². The third-order valence-corrected chi connectivity index (χ3v) is 7.84. The molecule has 2 aliphatic heterocycles. The van der Waals surface area contributed by atoms with Gasteiger partial charge in [-0.05, 0) is 83.4 Å². The second-order valence-corrected chi connectivity index (χ2v) is 9.98. The molecule has 6 heteroatoms. The zero-order valence-electron chi connectivity index (χ0n) is 20.1. The number of pyridine rings is 1. The number of benzene rings is 1. The summed E-state index contributed by atoms with van der Waals surface area (Å²) in [4.78, 5) is 27.2. The Morgan fingerprint density at radius 1 is 0.939 bits per heavy atom. The molecule has 174 valence electrons. The molecule has 2 fully saturated rings. The SMILES string of the molecule is Cc1ncc(-c2ccc3cnc(CC(=O)C4CCN(C5CCN(C)CC5)CC4)cc3c2)n1C. The molecule has 0 spiro atoms. The van der Waals surface area contributed by atoms with Crippen molar-refractivity contribution in [3.8, 4) is 11.3 Å². The molecular weight excluding hydrogens is 410 g/mol. The molecule has 0 bridgehead atoms. The Hall–Kier alpha value is -2.57. The zero-order chi connectivity index (χ0) is 22.9. The molecule has 0 unspecified atom stereocenters. The minimum Gasteiger partial charge on any atom is -0.331 e. The Balaban J connectivity index is 1.23. The largest absolute Gasteiger partial charge is 0.331 e. The number of aryl methyl sites for hydroxylation is 1. The molecule has 2 aliphatic rings. The summed E-state index contributed by atoms with van der Waals surface area (Å²) in [6.07, 6.45) is 8.75. The van der Waals surface area contributed by atoms with Crippen LogP contribution in [0.25, 0.3) is 22.0 Å². The number of piperidine rings is 2. The number of aromatic nitrogens is 3. The van der Waals surface area contributed by atoms with Crippen LogP contribution in [0, 0.1) is 12.8 Å². The third-order valence-electron chi connectivity index (χ3n) is 7.84. The first-order chi connectivity index (χ1) is 16.0. The van der Waals surface area contributed by atoms with Gasteiger partial charge in [0, 0.05) is 48.3 Å². The van der Waals surface area contributed by atoms with E-state index < -0.39 is 0 Å². The van der Waals surface area contributed by atoms with Gasteiger partial charge in [-0.15, -0.1) is 0 Å². The van der Waals surface area contributed by atoms with Crippen LogP contribution in [0.4, 0.5) is 0 Å². The molecule has 3 aromatic rings. The molecular formula is C27H35N5O. The predicted octanol–water partition coefficient (Wildman–Crippen LogP) is 3.86. The molecule has 0 atom stereocenters. The van der Waals surface area contributed by atoms with Crippen LogP contribution in [-0.4, -0.2) is 69.4 Å². The van der Waals surface area contributed by atoms with E-state index in [9.17, 15) is 4.79 Å². The van der Waals surface area contributed by atoms with Crippen LogP contribution in [0.5, 0.6) is 0 Å². The summed E-state index contributed by atoms with van der Waals surface area (Å²) in [5.74, 6) is 1.52. The van der Waals surface area contributed by atoms with E-state index in [1.807, 2.05) is 26.4 Å². The van der Waals surface area contributed by atoms with Gasteiger partial charge >= 0.3 is 0 Å². The number of hydrogen-bond acceptors (Lipinski definition) is 5. The number of Topliss-reactive ketones (excluding diaryl/α,β-unsaturated/α-hetero) is 1. The van der Waals surface area contributed by atoms with Gasteiger partial charge < -0.3 is 14.4 Å². The van der Waals surface area contributed by atoms with Crippen molar-refractivity contribution in [2.24, 2.45) is 13.0 Å². The number of ketones is 1. The Morgan fingerprint density at radius 2 is 1.70 bits per heavy atom. The number of nitrogens with zero attached hydrogens (tertiary/aromatic N) is 5. The zero-order valence-corrected chi connectivity index (χ0v) is 20.1. The highest BCUT2D eigenvalue weighted by molar-refractivity contribution is 5.88. The standard InChI is InChI=1S/C27H35N5O/c1-19-28-18-26(31(19)3)21-4-5-22-17-29-24(15-23(22)14-21)16-27(33)20-6-12-32(13-7-20)25-8-10-30(2)11-9-25/h4-5,14-15,17-18,20,25H,6-13,16H2,1-3H3. The topological polar surface area (TPSA) is 54.3 Å². The summed E-state index contributed by atoms with van der Waals surface area (Å²) in [7, 11) is 4.25. The van der Waals surface area contributed by atoms with Crippen molar-refractivity contribution in [2.75, 3.05) is 33.2 Å². The minimum atomic E-state index is 0.175. The predicted molar refractivity (Wildman–Crippen MR) is 132 cm³/mol. The molecule has 0 N–H and O–H groups in total. The number of carbonyl (C=O) groups is 1. The Kier molecular flexibility index (Phi) is 6.30. The summed E-state index contributed by atoms with van der Waals surface area (Å²) in [5.41, 5.74) is 3.11. The highest BCUT2D eigenvalue weighted by atomic mass is 16.1. The lowest BCUT2D eigenvalue weighted by molar-refractivity contribution is -0.124. The number of hydrogen-bond donors (Lipinski definition) is 0. The van der Waals surface area contributed by atoms with Gasteiger partial charge in [0.25, 0.3) is 0 Å². The first-order valence-corrected chi connectivity index (χ1v) is 12.3. The van der Waals surface area contributed by atoms with Crippen molar-refractivity contribution in [3.63, 3.8) is 0 Å². The Morgan fingerprint density at radius 3 is 2.39 bits per heavy atom. The van der Waals surface area contributed by atoms with Gasteiger partial charge in [-0.1, -0.05) is 12.1 Å². The van der Waals surface area contributed by atoms with Crippen molar-refractivity contribution in [2.45, 2.75) is 45.1 Å². The van der Waals surface area contributed by atoms with Crippen LogP contribution < -0.4 is 0 Å². The smallest absolute Gasteiger partial charge is 0.142 e. The van der Waals surface area contributed by atoms with Crippen LogP contribution in [0.1, 0.15) is 37.2 Å². The molecule has 6 nitrogen and oxygen atoms in total. The molecule has 0 amide bonds. The molecule has 0 saturated carbocycles. The molecule has 5 rings (SSSR count). The number of carbonyl (C=O) groups excluding carboxylic acids is 1. The summed E-state index contributed by atoms with van der Waals surface area (Å²) in [5, 5.41) is 2.22. The van der Waals surface area contributed by atoms with E-state index in [0.29, 0.717) is 18.2 Å². The fourth-order valence-corrected chi connectivity index (χ4v) is 5.48. The van der Waals surface area contributed by atoms with E-state index in [2.05, 4.69) is 55.6 Å². The van der Waals surface area contributed by atoms with Crippen molar-refractivity contribution in [1.82, 2.24) is 24.3 Å². The van der Waals surface area contributed by atoms with Crippen LogP contribution in [-0.2, 0) is 18.3 Å². The van der Waals surface area contributed by atoms with E-state index in [1.165, 1.54) is 25.9 Å². The molecule has 1 aromatic carbocycles. The van der Waals surface area contributed by atoms with Gasteiger partial charge in [-0.2, -0.15) is 0 Å². The highest BCUT2D eigenvalue weighted by Crippen LogP contribution is 2.27. The van der Waals surface area contributed by atoms with Gasteiger partial charge in [-0.25, -0.2) is 4.98 Å². The van der Waals surface area contributed by atoms with Crippen molar-refractivity contribution >= 4 is 16.6 Å². The second kappa shape index (κ2) is 9.35. The lowest BCUT2D eigenvalue weighted by atomic mass is 9.88. The van der Waals surface area contributed by atoms with E-state index in [1.54, 1.807) is 0 Å². The molecule has 4 heterocycles. The van der Waals surface area contributed by atoms with Crippen LogP contribution in [0.3, 0.4) is 0 Å². The van der Waals surface area contributed by atoms with Gasteiger partial charge in [0.05, 0.1) is 11.9 Å². The number of fused-ring (bicyclic) bond motifs is 1. The first-order valence-electron chi connectivity index (χ1n) is 12.3. The fraction of sp³-hybridized carbons (Fsp3) is 0.519. The Bertz CT molecular complexity index is 1140.